The lowest BCUT2D eigenvalue weighted by Crippen LogP contribution is -2.41. The van der Waals surface area contributed by atoms with Crippen LogP contribution in [0.25, 0.3) is 10.9 Å². The number of nitrogens with one attached hydrogen (secondary N) is 2. The second kappa shape index (κ2) is 10.8. The van der Waals surface area contributed by atoms with E-state index < -0.39 is 0 Å². The zero-order valence-electron chi connectivity index (χ0n) is 22.7. The number of aromatic amines is 1. The van der Waals surface area contributed by atoms with Gasteiger partial charge in [-0.2, -0.15) is 0 Å². The van der Waals surface area contributed by atoms with E-state index in [1.165, 1.54) is 0 Å². The first-order valence-electron chi connectivity index (χ1n) is 13.1. The van der Waals surface area contributed by atoms with E-state index in [9.17, 15) is 14.4 Å². The highest BCUT2D eigenvalue weighted by Crippen LogP contribution is 2.35. The molecule has 2 N–H and O–H groups in total. The van der Waals surface area contributed by atoms with Crippen LogP contribution in [0.4, 0.5) is 4.79 Å². The van der Waals surface area contributed by atoms with Crippen LogP contribution in [0.5, 0.6) is 0 Å². The summed E-state index contributed by atoms with van der Waals surface area (Å²) in [6.07, 6.45) is 1.37. The molecule has 37 heavy (non-hydrogen) atoms. The first kappa shape index (κ1) is 26.5. The molecule has 2 amide bonds. The Bertz CT molecular complexity index is 1360. The molecule has 0 bridgehead atoms. The SMILES string of the molecule is Cc1cc(C)c(CNC(=O)c2c(C)n(C(C)C3CCN(C(=O)OC(C)C)CC3)c3ccccc23)c(=O)[nH]1. The van der Waals surface area contributed by atoms with E-state index in [0.29, 0.717) is 30.1 Å². The van der Waals surface area contributed by atoms with E-state index in [1.54, 1.807) is 4.90 Å². The Morgan fingerprint density at radius 2 is 1.78 bits per heavy atom. The van der Waals surface area contributed by atoms with Gasteiger partial charge in [0.2, 0.25) is 0 Å². The Kier molecular flexibility index (Phi) is 7.76. The smallest absolute Gasteiger partial charge is 0.410 e. The van der Waals surface area contributed by atoms with Gasteiger partial charge in [-0.15, -0.1) is 0 Å². The van der Waals surface area contributed by atoms with E-state index in [4.69, 9.17) is 4.74 Å². The van der Waals surface area contributed by atoms with E-state index in [0.717, 1.165) is 40.7 Å². The maximum atomic E-state index is 13.5. The van der Waals surface area contributed by atoms with Crippen molar-refractivity contribution >= 4 is 22.9 Å². The van der Waals surface area contributed by atoms with Crippen LogP contribution in [0, 0.1) is 26.7 Å². The minimum absolute atomic E-state index is 0.129. The molecule has 0 radical (unpaired) electrons. The average molecular weight is 507 g/mol. The lowest BCUT2D eigenvalue weighted by atomic mass is 9.90. The molecule has 1 fully saturated rings. The predicted molar refractivity (Wildman–Crippen MR) is 145 cm³/mol. The van der Waals surface area contributed by atoms with Crippen molar-refractivity contribution < 1.29 is 14.3 Å². The van der Waals surface area contributed by atoms with Crippen LogP contribution < -0.4 is 10.9 Å². The molecule has 0 spiro atoms. The van der Waals surface area contributed by atoms with Gasteiger partial charge in [0.15, 0.2) is 0 Å². The van der Waals surface area contributed by atoms with Crippen LogP contribution >= 0.6 is 0 Å². The third-order valence-electron chi connectivity index (χ3n) is 7.53. The second-order valence-electron chi connectivity index (χ2n) is 10.5. The molecule has 1 aromatic carbocycles. The van der Waals surface area contributed by atoms with Crippen molar-refractivity contribution in [2.45, 2.75) is 73.1 Å². The normalized spacial score (nSPS) is 15.3. The number of hydrogen-bond donors (Lipinski definition) is 2. The molecule has 1 saturated heterocycles. The van der Waals surface area contributed by atoms with Gasteiger partial charge >= 0.3 is 6.09 Å². The van der Waals surface area contributed by atoms with Gasteiger partial charge in [-0.05, 0) is 78.0 Å². The zero-order valence-corrected chi connectivity index (χ0v) is 22.7. The summed E-state index contributed by atoms with van der Waals surface area (Å²) in [5.41, 5.74) is 4.62. The van der Waals surface area contributed by atoms with Crippen LogP contribution in [0.3, 0.4) is 0 Å². The summed E-state index contributed by atoms with van der Waals surface area (Å²) >= 11 is 0. The lowest BCUT2D eigenvalue weighted by Gasteiger charge is -2.36. The lowest BCUT2D eigenvalue weighted by molar-refractivity contribution is 0.0615. The van der Waals surface area contributed by atoms with E-state index in [1.807, 2.05) is 58.9 Å². The molecule has 1 unspecified atom stereocenters. The summed E-state index contributed by atoms with van der Waals surface area (Å²) in [7, 11) is 0. The average Bonchev–Trinajstić information content (AvgIpc) is 3.14. The number of hydrogen-bond acceptors (Lipinski definition) is 4. The molecule has 3 aromatic rings. The number of ether oxygens (including phenoxy) is 1. The van der Waals surface area contributed by atoms with Crippen LogP contribution in [-0.2, 0) is 11.3 Å². The Hall–Kier alpha value is -3.55. The minimum atomic E-state index is -0.245. The number of benzene rings is 1. The third kappa shape index (κ3) is 5.43. The molecule has 198 valence electrons. The molecule has 1 atom stereocenters. The molecule has 3 heterocycles. The number of aromatic nitrogens is 2. The molecular formula is C29H38N4O4. The molecule has 8 nitrogen and oxygen atoms in total. The number of aryl methyl sites for hydroxylation is 2. The van der Waals surface area contributed by atoms with Gasteiger partial charge in [-0.25, -0.2) is 4.79 Å². The predicted octanol–water partition coefficient (Wildman–Crippen LogP) is 5.00. The number of H-pyrrole nitrogens is 1. The van der Waals surface area contributed by atoms with Crippen molar-refractivity contribution in [3.05, 3.63) is 68.8 Å². The summed E-state index contributed by atoms with van der Waals surface area (Å²) in [5, 5.41) is 3.88. The van der Waals surface area contributed by atoms with Crippen molar-refractivity contribution in [1.82, 2.24) is 19.8 Å². The van der Waals surface area contributed by atoms with Crippen molar-refractivity contribution in [3.63, 3.8) is 0 Å². The summed E-state index contributed by atoms with van der Waals surface area (Å²) < 4.78 is 7.63. The summed E-state index contributed by atoms with van der Waals surface area (Å²) in [6.45, 7) is 13.1. The summed E-state index contributed by atoms with van der Waals surface area (Å²) in [6, 6.07) is 10.0. The van der Waals surface area contributed by atoms with Crippen molar-refractivity contribution in [2.24, 2.45) is 5.92 Å². The topological polar surface area (TPSA) is 96.4 Å². The van der Waals surface area contributed by atoms with Gasteiger partial charge in [-0.1, -0.05) is 18.2 Å². The monoisotopic (exact) mass is 506 g/mol. The fraction of sp³-hybridized carbons (Fsp3) is 0.483. The van der Waals surface area contributed by atoms with E-state index >= 15 is 0 Å². The van der Waals surface area contributed by atoms with Gasteiger partial charge in [0, 0.05) is 53.5 Å². The number of rotatable bonds is 6. The first-order chi connectivity index (χ1) is 17.6. The van der Waals surface area contributed by atoms with Crippen LogP contribution in [0.15, 0.2) is 35.1 Å². The molecular weight excluding hydrogens is 468 g/mol. The number of fused-ring (bicyclic) bond motifs is 1. The number of carbonyl (C=O) groups is 2. The summed E-state index contributed by atoms with van der Waals surface area (Å²) in [5.74, 6) is 0.174. The number of nitrogens with zero attached hydrogens (tertiary/aromatic N) is 2. The zero-order chi connectivity index (χ0) is 26.9. The van der Waals surface area contributed by atoms with Crippen LogP contribution in [-0.4, -0.2) is 45.6 Å². The Balaban J connectivity index is 1.56. The largest absolute Gasteiger partial charge is 0.447 e. The maximum Gasteiger partial charge on any atom is 0.410 e. The first-order valence-corrected chi connectivity index (χ1v) is 13.1. The van der Waals surface area contributed by atoms with E-state index in [2.05, 4.69) is 27.9 Å². The number of pyridine rings is 1. The van der Waals surface area contributed by atoms with Crippen molar-refractivity contribution in [3.8, 4) is 0 Å². The highest BCUT2D eigenvalue weighted by atomic mass is 16.6. The molecule has 8 heteroatoms. The standard InChI is InChI=1S/C29H38N4O4/c1-17(2)37-29(36)32-13-11-22(12-14-32)20(5)33-21(6)26(23-9-7-8-10-25(23)33)28(35)30-16-24-18(3)15-19(4)31-27(24)34/h7-10,15,17,20,22H,11-14,16H2,1-6H3,(H,30,35)(H,31,34). The minimum Gasteiger partial charge on any atom is -0.447 e. The van der Waals surface area contributed by atoms with Crippen molar-refractivity contribution in [1.29, 1.82) is 0 Å². The molecule has 2 aromatic heterocycles. The number of piperidine rings is 1. The fourth-order valence-electron chi connectivity index (χ4n) is 5.61. The van der Waals surface area contributed by atoms with Crippen LogP contribution in [0.2, 0.25) is 0 Å². The van der Waals surface area contributed by atoms with Crippen LogP contribution in [0.1, 0.15) is 72.5 Å². The molecule has 0 aliphatic carbocycles. The summed E-state index contributed by atoms with van der Waals surface area (Å²) in [4.78, 5) is 42.8. The highest BCUT2D eigenvalue weighted by molar-refractivity contribution is 6.08. The Labute approximate surface area is 218 Å². The van der Waals surface area contributed by atoms with Crippen molar-refractivity contribution in [2.75, 3.05) is 13.1 Å². The Morgan fingerprint density at radius 3 is 2.43 bits per heavy atom. The highest BCUT2D eigenvalue weighted by Gasteiger charge is 2.31. The van der Waals surface area contributed by atoms with Gasteiger partial charge in [0.25, 0.3) is 11.5 Å². The quantitative estimate of drug-likeness (QED) is 0.492. The maximum absolute atomic E-state index is 13.5. The number of amides is 2. The third-order valence-corrected chi connectivity index (χ3v) is 7.53. The van der Waals surface area contributed by atoms with Gasteiger partial charge < -0.3 is 24.5 Å². The molecule has 1 aliphatic rings. The van der Waals surface area contributed by atoms with Gasteiger partial charge in [-0.3, -0.25) is 9.59 Å². The molecule has 0 saturated carbocycles. The fourth-order valence-corrected chi connectivity index (χ4v) is 5.61. The number of para-hydroxylation sites is 1. The number of carbonyl (C=O) groups excluding carboxylic acids is 2. The number of likely N-dealkylation sites (tertiary alicyclic amines) is 1. The van der Waals surface area contributed by atoms with Gasteiger partial charge in [0.1, 0.15) is 0 Å². The molecule has 4 rings (SSSR count). The van der Waals surface area contributed by atoms with E-state index in [-0.39, 0.29) is 36.3 Å². The molecule has 1 aliphatic heterocycles. The van der Waals surface area contributed by atoms with Gasteiger partial charge in [0.05, 0.1) is 11.7 Å². The Morgan fingerprint density at radius 1 is 1.11 bits per heavy atom. The second-order valence-corrected chi connectivity index (χ2v) is 10.5.